The molecule has 0 bridgehead atoms. The van der Waals surface area contributed by atoms with Crippen LogP contribution < -0.4 is 11.1 Å². The van der Waals surface area contributed by atoms with Crippen LogP contribution in [0.1, 0.15) is 0 Å². The quantitative estimate of drug-likeness (QED) is 0.267. The Hall–Kier alpha value is 0.300. The van der Waals surface area contributed by atoms with E-state index in [0.29, 0.717) is 0 Å². The topological polar surface area (TPSA) is 142 Å². The van der Waals surface area contributed by atoms with E-state index in [9.17, 15) is 0 Å². The second-order valence-electron chi connectivity index (χ2n) is 0.893. The maximum absolute atomic E-state index is 7.98. The van der Waals surface area contributed by atoms with Crippen LogP contribution in [-0.4, -0.2) is 68.1 Å². The van der Waals surface area contributed by atoms with Crippen molar-refractivity contribution in [2.75, 3.05) is 7.05 Å². The summed E-state index contributed by atoms with van der Waals surface area (Å²) in [6.45, 7) is 0. The van der Waals surface area contributed by atoms with E-state index in [2.05, 4.69) is 35.5 Å². The molecule has 9 N–H and O–H groups in total. The van der Waals surface area contributed by atoms with Gasteiger partial charge in [0.2, 0.25) is 0 Å². The number of hydrogen-bond donors (Lipinski definition) is 4. The van der Waals surface area contributed by atoms with Crippen molar-refractivity contribution >= 4 is 64.3 Å². The van der Waals surface area contributed by atoms with E-state index in [1.807, 2.05) is 0 Å². The fraction of sp³-hybridized carbons (Fsp3) is 0.333. The van der Waals surface area contributed by atoms with Crippen molar-refractivity contribution in [3.63, 3.8) is 0 Å². The summed E-state index contributed by atoms with van der Waals surface area (Å²) in [6.07, 6.45) is 0. The van der Waals surface area contributed by atoms with Crippen LogP contribution in [0.15, 0.2) is 0 Å². The van der Waals surface area contributed by atoms with Gasteiger partial charge in [-0.15, -0.1) is 0 Å². The number of hydrogen-bond acceptors (Lipinski definition) is 2. The Bertz CT molecular complexity index is 110. The number of aliphatic hydroxyl groups excluding tert-OH is 2. The van der Waals surface area contributed by atoms with E-state index in [0.717, 1.165) is 0 Å². The van der Waals surface area contributed by atoms with Crippen LogP contribution >= 0.6 is 24.4 Å². The van der Waals surface area contributed by atoms with Crippen LogP contribution in [0.3, 0.4) is 0 Å². The third kappa shape index (κ3) is 168. The van der Waals surface area contributed by atoms with Gasteiger partial charge < -0.3 is 32.2 Å². The van der Waals surface area contributed by atoms with Crippen molar-refractivity contribution in [1.29, 1.82) is 0 Å². The minimum absolute atomic E-state index is 0. The zero-order valence-corrected chi connectivity index (χ0v) is 7.42. The molecule has 0 aromatic heterocycles. The molecule has 72 valence electrons. The van der Waals surface area contributed by atoms with Gasteiger partial charge in [0.05, 0.1) is 0 Å². The fourth-order valence-electron chi connectivity index (χ4n) is 0. The average molecular weight is 228 g/mol. The van der Waals surface area contributed by atoms with Gasteiger partial charge in [-0.3, -0.25) is 0 Å². The first kappa shape index (κ1) is 29.5. The Morgan fingerprint density at radius 3 is 1.33 bits per heavy atom. The molecular formula is C3H13N2NaO4S2. The molecule has 0 spiro atoms. The number of thiocarbonyl (C=S) groups is 2. The molecule has 0 aliphatic rings. The molecule has 0 amide bonds. The number of rotatable bonds is 0. The normalized spacial score (nSPS) is 4.75. The molecule has 12 heavy (non-hydrogen) atoms. The zero-order chi connectivity index (χ0) is 7.86. The molecule has 0 aliphatic carbocycles. The molecule has 9 heteroatoms. The van der Waals surface area contributed by atoms with Crippen molar-refractivity contribution in [3.8, 4) is 0 Å². The van der Waals surface area contributed by atoms with Crippen LogP contribution in [0.25, 0.3) is 0 Å². The predicted octanol–water partition coefficient (Wildman–Crippen LogP) is -2.46. The second-order valence-corrected chi connectivity index (χ2v) is 1.70. The monoisotopic (exact) mass is 228 g/mol. The Kier molecular flexibility index (Phi) is 55.3. The average Bonchev–Trinajstić information content (AvgIpc) is 1.65. The van der Waals surface area contributed by atoms with E-state index >= 15 is 0 Å². The molecule has 0 fully saturated rings. The summed E-state index contributed by atoms with van der Waals surface area (Å²) < 4.78 is 0. The van der Waals surface area contributed by atoms with Crippen molar-refractivity contribution in [1.82, 2.24) is 5.32 Å². The first-order valence-corrected chi connectivity index (χ1v) is 2.71. The molecule has 0 saturated carbocycles. The molecule has 0 unspecified atom stereocenters. The molecule has 0 aromatic rings. The molecule has 0 rings (SSSR count). The summed E-state index contributed by atoms with van der Waals surface area (Å²) >= 11 is 8.01. The Balaban J connectivity index is -0.0000000221. The third-order valence-corrected chi connectivity index (χ3v) is 0.418. The van der Waals surface area contributed by atoms with Crippen LogP contribution in [0.4, 0.5) is 0 Å². The van der Waals surface area contributed by atoms with Gasteiger partial charge >= 0.3 is 29.6 Å². The van der Waals surface area contributed by atoms with E-state index < -0.39 is 5.17 Å². The summed E-state index contributed by atoms with van der Waals surface area (Å²) in [4.78, 5) is 0. The number of nitrogens with two attached hydrogens (primary N) is 1. The van der Waals surface area contributed by atoms with Crippen molar-refractivity contribution in [2.24, 2.45) is 5.73 Å². The molecule has 0 radical (unpaired) electrons. The van der Waals surface area contributed by atoms with E-state index in [1.165, 1.54) is 0 Å². The van der Waals surface area contributed by atoms with Crippen LogP contribution in [0.5, 0.6) is 0 Å². The second kappa shape index (κ2) is 22.5. The molecule has 0 atom stereocenters. The predicted molar refractivity (Wildman–Crippen MR) is 58.1 cm³/mol. The van der Waals surface area contributed by atoms with Crippen LogP contribution in [0, 0.1) is 0 Å². The van der Waals surface area contributed by atoms with Gasteiger partial charge in [0, 0.05) is 7.05 Å². The zero-order valence-electron chi connectivity index (χ0n) is 5.79. The molecule has 0 aromatic carbocycles. The summed E-state index contributed by atoms with van der Waals surface area (Å²) in [5.74, 6) is 0. The molecule has 0 aliphatic heterocycles. The van der Waals surface area contributed by atoms with Gasteiger partial charge in [0.1, 0.15) is 0 Å². The minimum atomic E-state index is -0.500. The summed E-state index contributed by atoms with van der Waals surface area (Å²) in [5.41, 5.74) is 4.40. The summed E-state index contributed by atoms with van der Waals surface area (Å²) in [5, 5.41) is 17.2. The van der Waals surface area contributed by atoms with Crippen molar-refractivity contribution in [2.45, 2.75) is 0 Å². The van der Waals surface area contributed by atoms with Crippen molar-refractivity contribution in [3.05, 3.63) is 0 Å². The Labute approximate surface area is 103 Å². The standard InChI is InChI=1S/C2H5NOS.CH3NOS.Na.2H2O.H/c1-3-2(4)5;2-1(3)4;;;;/h1H3,(H2,3,4,5);(H3,2,3,4);;2*1H2;. The SMILES string of the molecule is CNC(O)=S.NC(O)=S.O.O.[NaH]. The molecule has 0 saturated heterocycles. The number of nitrogens with one attached hydrogen (secondary N) is 1. The van der Waals surface area contributed by atoms with Gasteiger partial charge in [0.25, 0.3) is 10.3 Å². The fourth-order valence-corrected chi connectivity index (χ4v) is 0. The van der Waals surface area contributed by atoms with Gasteiger partial charge in [0.15, 0.2) is 0 Å². The van der Waals surface area contributed by atoms with Gasteiger partial charge in [-0.1, -0.05) is 0 Å². The molecule has 6 nitrogen and oxygen atoms in total. The molecular weight excluding hydrogens is 215 g/mol. The van der Waals surface area contributed by atoms with E-state index in [4.69, 9.17) is 10.2 Å². The number of aliphatic hydroxyl groups is 2. The van der Waals surface area contributed by atoms with Crippen LogP contribution in [-0.2, 0) is 0 Å². The van der Waals surface area contributed by atoms with Crippen molar-refractivity contribution < 1.29 is 21.2 Å². The van der Waals surface area contributed by atoms with Gasteiger partial charge in [-0.05, 0) is 24.4 Å². The van der Waals surface area contributed by atoms with E-state index in [-0.39, 0.29) is 45.7 Å². The summed E-state index contributed by atoms with van der Waals surface area (Å²) in [7, 11) is 1.56. The first-order valence-electron chi connectivity index (χ1n) is 1.89. The van der Waals surface area contributed by atoms with Gasteiger partial charge in [-0.2, -0.15) is 0 Å². The summed E-state index contributed by atoms with van der Waals surface area (Å²) in [6, 6.07) is 0. The molecule has 0 heterocycles. The van der Waals surface area contributed by atoms with Crippen LogP contribution in [0.2, 0.25) is 0 Å². The van der Waals surface area contributed by atoms with Gasteiger partial charge in [-0.25, -0.2) is 0 Å². The third-order valence-electron chi connectivity index (χ3n) is 0.214. The Morgan fingerprint density at radius 1 is 1.25 bits per heavy atom. The maximum atomic E-state index is 7.98. The van der Waals surface area contributed by atoms with E-state index in [1.54, 1.807) is 7.05 Å². The Morgan fingerprint density at radius 2 is 1.33 bits per heavy atom. The first-order chi connectivity index (χ1) is 4.00.